The Hall–Kier alpha value is -2.74. The fourth-order valence-electron chi connectivity index (χ4n) is 3.49. The van der Waals surface area contributed by atoms with Crippen LogP contribution in [0.2, 0.25) is 0 Å². The molecule has 1 aromatic heterocycles. The number of aromatic nitrogens is 1. The number of hydrogen-bond donors (Lipinski definition) is 1. The third-order valence-electron chi connectivity index (χ3n) is 4.66. The maximum Gasteiger partial charge on any atom is 0.256 e. The lowest BCUT2D eigenvalue weighted by molar-refractivity contribution is -0.124. The number of amides is 3. The molecular formula is C18H18N4O3S. The minimum atomic E-state index is -0.496. The van der Waals surface area contributed by atoms with E-state index < -0.39 is 6.04 Å². The maximum absolute atomic E-state index is 13.1. The quantitative estimate of drug-likeness (QED) is 0.896. The van der Waals surface area contributed by atoms with Crippen molar-refractivity contribution >= 4 is 39.9 Å². The second-order valence-electron chi connectivity index (χ2n) is 6.44. The Morgan fingerprint density at radius 3 is 2.92 bits per heavy atom. The van der Waals surface area contributed by atoms with Gasteiger partial charge < -0.3 is 15.1 Å². The molecule has 0 bridgehead atoms. The number of carbonyl (C=O) groups excluding carboxylic acids is 3. The Morgan fingerprint density at radius 2 is 2.15 bits per heavy atom. The van der Waals surface area contributed by atoms with Gasteiger partial charge in [0, 0.05) is 11.9 Å². The zero-order valence-corrected chi connectivity index (χ0v) is 15.1. The summed E-state index contributed by atoms with van der Waals surface area (Å²) in [6, 6.07) is 6.47. The summed E-state index contributed by atoms with van der Waals surface area (Å²) in [7, 11) is 0. The fourth-order valence-corrected chi connectivity index (χ4v) is 4.19. The molecule has 2 aliphatic rings. The molecule has 0 unspecified atom stereocenters. The Kier molecular flexibility index (Phi) is 4.20. The minimum absolute atomic E-state index is 0.144. The monoisotopic (exact) mass is 370 g/mol. The van der Waals surface area contributed by atoms with Crippen molar-refractivity contribution < 1.29 is 14.4 Å². The van der Waals surface area contributed by atoms with Crippen LogP contribution in [0, 0.1) is 6.92 Å². The molecule has 1 aromatic carbocycles. The Bertz CT molecular complexity index is 894. The fraction of sp³-hybridized carbons (Fsp3) is 0.333. The van der Waals surface area contributed by atoms with Gasteiger partial charge in [-0.2, -0.15) is 0 Å². The van der Waals surface area contributed by atoms with Crippen LogP contribution in [-0.4, -0.2) is 46.7 Å². The number of thiazole rings is 1. The molecule has 0 saturated carbocycles. The maximum atomic E-state index is 13.1. The van der Waals surface area contributed by atoms with E-state index in [0.29, 0.717) is 29.3 Å². The number of anilines is 2. The van der Waals surface area contributed by atoms with E-state index in [9.17, 15) is 14.4 Å². The van der Waals surface area contributed by atoms with Crippen LogP contribution in [0.5, 0.6) is 0 Å². The summed E-state index contributed by atoms with van der Waals surface area (Å²) >= 11 is 1.34. The number of rotatable bonds is 3. The predicted octanol–water partition coefficient (Wildman–Crippen LogP) is 2.04. The predicted molar refractivity (Wildman–Crippen MR) is 98.3 cm³/mol. The van der Waals surface area contributed by atoms with Crippen LogP contribution in [0.4, 0.5) is 10.8 Å². The van der Waals surface area contributed by atoms with Crippen molar-refractivity contribution in [2.24, 2.45) is 0 Å². The van der Waals surface area contributed by atoms with Gasteiger partial charge in [-0.1, -0.05) is 12.1 Å². The van der Waals surface area contributed by atoms with Crippen LogP contribution >= 0.6 is 11.3 Å². The smallest absolute Gasteiger partial charge is 0.256 e. The lowest BCUT2D eigenvalue weighted by Gasteiger charge is -2.25. The van der Waals surface area contributed by atoms with E-state index >= 15 is 0 Å². The van der Waals surface area contributed by atoms with Gasteiger partial charge in [0.05, 0.1) is 16.9 Å². The summed E-state index contributed by atoms with van der Waals surface area (Å²) in [5.74, 6) is -0.678. The van der Waals surface area contributed by atoms with Crippen LogP contribution in [0.1, 0.15) is 28.9 Å². The summed E-state index contributed by atoms with van der Waals surface area (Å²) < 4.78 is 0. The molecule has 3 heterocycles. The molecule has 2 aromatic rings. The van der Waals surface area contributed by atoms with E-state index in [4.69, 9.17) is 0 Å². The van der Waals surface area contributed by atoms with Crippen LogP contribution in [0.25, 0.3) is 0 Å². The van der Waals surface area contributed by atoms with Gasteiger partial charge in [0.15, 0.2) is 5.13 Å². The topological polar surface area (TPSA) is 82.6 Å². The van der Waals surface area contributed by atoms with E-state index in [0.717, 1.165) is 12.1 Å². The lowest BCUT2D eigenvalue weighted by atomic mass is 10.1. The summed E-state index contributed by atoms with van der Waals surface area (Å²) in [5.41, 5.74) is 1.78. The molecule has 1 atom stereocenters. The van der Waals surface area contributed by atoms with Crippen LogP contribution in [0.15, 0.2) is 29.6 Å². The van der Waals surface area contributed by atoms with E-state index in [1.54, 1.807) is 29.2 Å². The molecular weight excluding hydrogens is 352 g/mol. The molecule has 1 N–H and O–H groups in total. The Balaban J connectivity index is 1.64. The minimum Gasteiger partial charge on any atom is -0.327 e. The largest absolute Gasteiger partial charge is 0.327 e. The highest BCUT2D eigenvalue weighted by Crippen LogP contribution is 2.32. The van der Waals surface area contributed by atoms with Gasteiger partial charge in [0.1, 0.15) is 12.6 Å². The first-order chi connectivity index (χ1) is 12.5. The molecule has 26 heavy (non-hydrogen) atoms. The van der Waals surface area contributed by atoms with Gasteiger partial charge in [0.25, 0.3) is 5.91 Å². The SMILES string of the molecule is Cc1csc(NC(=O)CN2C(=O)[C@@H]3CCCN3C(=O)c3ccccc32)n1. The van der Waals surface area contributed by atoms with E-state index in [2.05, 4.69) is 10.3 Å². The van der Waals surface area contributed by atoms with Gasteiger partial charge in [-0.25, -0.2) is 4.98 Å². The molecule has 0 spiro atoms. The van der Waals surface area contributed by atoms with E-state index in [-0.39, 0.29) is 24.3 Å². The van der Waals surface area contributed by atoms with Crippen LogP contribution < -0.4 is 10.2 Å². The third-order valence-corrected chi connectivity index (χ3v) is 5.53. The van der Waals surface area contributed by atoms with E-state index in [1.807, 2.05) is 12.3 Å². The van der Waals surface area contributed by atoms with Gasteiger partial charge in [-0.3, -0.25) is 14.4 Å². The molecule has 1 fully saturated rings. The molecule has 0 aliphatic carbocycles. The highest BCUT2D eigenvalue weighted by atomic mass is 32.1. The summed E-state index contributed by atoms with van der Waals surface area (Å²) in [4.78, 5) is 45.7. The molecule has 2 aliphatic heterocycles. The van der Waals surface area contributed by atoms with Crippen molar-refractivity contribution in [3.63, 3.8) is 0 Å². The number of nitrogens with one attached hydrogen (secondary N) is 1. The second-order valence-corrected chi connectivity index (χ2v) is 7.30. The van der Waals surface area contributed by atoms with Crippen molar-refractivity contribution in [1.82, 2.24) is 9.88 Å². The van der Waals surface area contributed by atoms with Crippen LogP contribution in [-0.2, 0) is 9.59 Å². The number of benzene rings is 1. The molecule has 1 saturated heterocycles. The van der Waals surface area contributed by atoms with Crippen molar-refractivity contribution in [3.8, 4) is 0 Å². The third kappa shape index (κ3) is 2.86. The lowest BCUT2D eigenvalue weighted by Crippen LogP contribution is -2.47. The molecule has 8 heteroatoms. The Morgan fingerprint density at radius 1 is 1.35 bits per heavy atom. The zero-order chi connectivity index (χ0) is 18.3. The number of nitrogens with zero attached hydrogens (tertiary/aromatic N) is 3. The van der Waals surface area contributed by atoms with E-state index in [1.165, 1.54) is 16.2 Å². The first-order valence-electron chi connectivity index (χ1n) is 8.48. The standard InChI is InChI=1S/C18H18N4O3S/c1-11-10-26-18(19-11)20-15(23)9-22-13-6-3-2-5-12(13)16(24)21-8-4-7-14(21)17(22)25/h2-3,5-6,10,14H,4,7-9H2,1H3,(H,19,20,23)/t14-/m0/s1. The zero-order valence-electron chi connectivity index (χ0n) is 14.3. The summed E-state index contributed by atoms with van der Waals surface area (Å²) in [6.45, 7) is 2.27. The number of carbonyl (C=O) groups is 3. The normalized spacial score (nSPS) is 19.2. The first-order valence-corrected chi connectivity index (χ1v) is 9.36. The second kappa shape index (κ2) is 6.53. The van der Waals surface area contributed by atoms with Gasteiger partial charge in [0.2, 0.25) is 11.8 Å². The number of aryl methyl sites for hydroxylation is 1. The van der Waals surface area contributed by atoms with Gasteiger partial charge in [-0.15, -0.1) is 11.3 Å². The van der Waals surface area contributed by atoms with Gasteiger partial charge in [-0.05, 0) is 31.9 Å². The van der Waals surface area contributed by atoms with Crippen molar-refractivity contribution in [2.75, 3.05) is 23.3 Å². The number of hydrogen-bond acceptors (Lipinski definition) is 5. The average molecular weight is 370 g/mol. The Labute approximate surface area is 154 Å². The average Bonchev–Trinajstić information content (AvgIpc) is 3.26. The first kappa shape index (κ1) is 16.7. The molecule has 134 valence electrons. The highest BCUT2D eigenvalue weighted by molar-refractivity contribution is 7.13. The molecule has 7 nitrogen and oxygen atoms in total. The molecule has 3 amide bonds. The molecule has 4 rings (SSSR count). The van der Waals surface area contributed by atoms with Crippen molar-refractivity contribution in [3.05, 3.63) is 40.9 Å². The number of para-hydroxylation sites is 1. The van der Waals surface area contributed by atoms with Crippen molar-refractivity contribution in [1.29, 1.82) is 0 Å². The number of fused-ring (bicyclic) bond motifs is 2. The van der Waals surface area contributed by atoms with Crippen LogP contribution in [0.3, 0.4) is 0 Å². The summed E-state index contributed by atoms with van der Waals surface area (Å²) in [5, 5.41) is 5.07. The van der Waals surface area contributed by atoms with Crippen molar-refractivity contribution in [2.45, 2.75) is 25.8 Å². The summed E-state index contributed by atoms with van der Waals surface area (Å²) in [6.07, 6.45) is 1.42. The highest BCUT2D eigenvalue weighted by Gasteiger charge is 2.42. The molecule has 0 radical (unpaired) electrons. The van der Waals surface area contributed by atoms with Gasteiger partial charge >= 0.3 is 0 Å².